The molecular formula is C18H25N5O2. The molecule has 0 radical (unpaired) electrons. The maximum atomic E-state index is 10.9. The molecular weight excluding hydrogens is 318 g/mol. The van der Waals surface area contributed by atoms with Gasteiger partial charge in [0, 0.05) is 49.2 Å². The van der Waals surface area contributed by atoms with Gasteiger partial charge in [0.2, 0.25) is 0 Å². The molecule has 7 nitrogen and oxygen atoms in total. The minimum atomic E-state index is -0.406. The Bertz CT molecular complexity index is 720. The van der Waals surface area contributed by atoms with E-state index in [1.165, 1.54) is 23.9 Å². The second-order valence-corrected chi connectivity index (χ2v) is 6.25. The van der Waals surface area contributed by atoms with E-state index in [-0.39, 0.29) is 11.7 Å². The first-order chi connectivity index (χ1) is 12.0. The summed E-state index contributed by atoms with van der Waals surface area (Å²) in [6.45, 7) is 5.20. The number of hydrogen-bond acceptors (Lipinski definition) is 6. The number of hydrogen-bond donors (Lipinski definition) is 2. The van der Waals surface area contributed by atoms with Crippen LogP contribution in [0.3, 0.4) is 0 Å². The molecule has 0 saturated carbocycles. The van der Waals surface area contributed by atoms with Crippen LogP contribution in [0, 0.1) is 24.0 Å². The molecule has 0 bridgehead atoms. The highest BCUT2D eigenvalue weighted by molar-refractivity contribution is 5.29. The summed E-state index contributed by atoms with van der Waals surface area (Å²) in [6.07, 6.45) is 5.96. The van der Waals surface area contributed by atoms with Crippen LogP contribution in [0.1, 0.15) is 35.4 Å². The number of pyridine rings is 2. The molecule has 1 unspecified atom stereocenters. The summed E-state index contributed by atoms with van der Waals surface area (Å²) in [4.78, 5) is 19.2. The number of nitrogens with zero attached hydrogens (tertiary/aromatic N) is 3. The van der Waals surface area contributed by atoms with Crippen molar-refractivity contribution in [3.63, 3.8) is 0 Å². The average Bonchev–Trinajstić information content (AvgIpc) is 2.59. The van der Waals surface area contributed by atoms with E-state index in [0.29, 0.717) is 18.8 Å². The Morgan fingerprint density at radius 3 is 2.80 bits per heavy atom. The lowest BCUT2D eigenvalue weighted by atomic mass is 10.0. The molecule has 0 aliphatic rings. The third-order valence-electron chi connectivity index (χ3n) is 4.10. The average molecular weight is 343 g/mol. The van der Waals surface area contributed by atoms with Crippen molar-refractivity contribution in [3.05, 3.63) is 63.2 Å². The Labute approximate surface area is 147 Å². The third-order valence-corrected chi connectivity index (χ3v) is 4.10. The van der Waals surface area contributed by atoms with E-state index >= 15 is 0 Å². The lowest BCUT2D eigenvalue weighted by Gasteiger charge is -2.19. The Hall–Kier alpha value is -2.38. The lowest BCUT2D eigenvalue weighted by molar-refractivity contribution is -0.385. The van der Waals surface area contributed by atoms with Crippen LogP contribution in [0.2, 0.25) is 0 Å². The predicted octanol–water partition coefficient (Wildman–Crippen LogP) is 2.44. The molecule has 2 aromatic heterocycles. The van der Waals surface area contributed by atoms with Gasteiger partial charge in [-0.1, -0.05) is 6.07 Å². The van der Waals surface area contributed by atoms with Gasteiger partial charge in [-0.15, -0.1) is 0 Å². The lowest BCUT2D eigenvalue weighted by Crippen LogP contribution is -2.32. The molecule has 0 amide bonds. The number of rotatable bonds is 9. The number of nitrogens with two attached hydrogens (primary N) is 1. The quantitative estimate of drug-likeness (QED) is 0.535. The van der Waals surface area contributed by atoms with Crippen LogP contribution in [0.25, 0.3) is 0 Å². The molecule has 3 N–H and O–H groups in total. The van der Waals surface area contributed by atoms with Gasteiger partial charge in [0.15, 0.2) is 0 Å². The van der Waals surface area contributed by atoms with Gasteiger partial charge >= 0.3 is 0 Å². The highest BCUT2D eigenvalue weighted by Gasteiger charge is 2.13. The molecule has 25 heavy (non-hydrogen) atoms. The van der Waals surface area contributed by atoms with Crippen LogP contribution in [-0.2, 0) is 13.0 Å². The maximum Gasteiger partial charge on any atom is 0.272 e. The normalized spacial score (nSPS) is 12.1. The number of aromatic nitrogens is 2. The molecule has 1 atom stereocenters. The summed E-state index contributed by atoms with van der Waals surface area (Å²) < 4.78 is 0. The van der Waals surface area contributed by atoms with Gasteiger partial charge < -0.3 is 11.1 Å². The van der Waals surface area contributed by atoms with Gasteiger partial charge in [-0.25, -0.2) is 0 Å². The van der Waals surface area contributed by atoms with Crippen molar-refractivity contribution >= 4 is 5.69 Å². The molecule has 0 aliphatic carbocycles. The second kappa shape index (κ2) is 9.19. The van der Waals surface area contributed by atoms with E-state index in [9.17, 15) is 10.1 Å². The van der Waals surface area contributed by atoms with Gasteiger partial charge in [-0.3, -0.25) is 20.1 Å². The first-order valence-electron chi connectivity index (χ1n) is 8.44. The Morgan fingerprint density at radius 1 is 1.32 bits per heavy atom. The van der Waals surface area contributed by atoms with Crippen molar-refractivity contribution in [2.45, 2.75) is 45.7 Å². The van der Waals surface area contributed by atoms with Gasteiger partial charge in [0.1, 0.15) is 0 Å². The second-order valence-electron chi connectivity index (χ2n) is 6.25. The Balaban J connectivity index is 2.04. The van der Waals surface area contributed by atoms with Crippen molar-refractivity contribution in [3.8, 4) is 0 Å². The zero-order chi connectivity index (χ0) is 18.2. The molecule has 0 saturated heterocycles. The monoisotopic (exact) mass is 343 g/mol. The molecule has 0 aliphatic heterocycles. The molecule has 0 aromatic carbocycles. The summed E-state index contributed by atoms with van der Waals surface area (Å²) in [6, 6.07) is 5.22. The van der Waals surface area contributed by atoms with Crippen LogP contribution in [-0.4, -0.2) is 27.5 Å². The summed E-state index contributed by atoms with van der Waals surface area (Å²) in [5, 5.41) is 14.3. The molecule has 0 spiro atoms. The van der Waals surface area contributed by atoms with Crippen molar-refractivity contribution in [1.82, 2.24) is 15.3 Å². The van der Waals surface area contributed by atoms with Crippen molar-refractivity contribution in [1.29, 1.82) is 0 Å². The Morgan fingerprint density at radius 2 is 2.12 bits per heavy atom. The van der Waals surface area contributed by atoms with Gasteiger partial charge in [-0.2, -0.15) is 0 Å². The van der Waals surface area contributed by atoms with Gasteiger partial charge in [-0.05, 0) is 44.4 Å². The van der Waals surface area contributed by atoms with E-state index in [4.69, 9.17) is 5.73 Å². The first-order valence-corrected chi connectivity index (χ1v) is 8.44. The first kappa shape index (κ1) is 19.0. The van der Waals surface area contributed by atoms with Crippen LogP contribution in [0.15, 0.2) is 30.6 Å². The summed E-state index contributed by atoms with van der Waals surface area (Å²) >= 11 is 0. The number of aryl methyl sites for hydroxylation is 2. The summed E-state index contributed by atoms with van der Waals surface area (Å²) in [7, 11) is 0. The SMILES string of the molecule is Cc1cnc(CC(CCCN)NCc2cc([N+](=O)[O-])ccn2)c(C)c1. The Kier molecular flexibility index (Phi) is 6.97. The van der Waals surface area contributed by atoms with Gasteiger partial charge in [0.25, 0.3) is 5.69 Å². The molecule has 7 heteroatoms. The minimum absolute atomic E-state index is 0.0568. The van der Waals surface area contributed by atoms with E-state index in [1.54, 1.807) is 0 Å². The van der Waals surface area contributed by atoms with Crippen LogP contribution in [0.5, 0.6) is 0 Å². The van der Waals surface area contributed by atoms with E-state index in [1.807, 2.05) is 13.1 Å². The predicted molar refractivity (Wildman–Crippen MR) is 97.2 cm³/mol. The topological polar surface area (TPSA) is 107 Å². The van der Waals surface area contributed by atoms with Gasteiger partial charge in [0.05, 0.1) is 10.6 Å². The number of nitrogens with one attached hydrogen (secondary N) is 1. The van der Waals surface area contributed by atoms with E-state index in [2.05, 4.69) is 28.3 Å². The fraction of sp³-hybridized carbons (Fsp3) is 0.444. The fourth-order valence-corrected chi connectivity index (χ4v) is 2.76. The van der Waals surface area contributed by atoms with Crippen LogP contribution < -0.4 is 11.1 Å². The summed E-state index contributed by atoms with van der Waals surface area (Å²) in [5.74, 6) is 0. The molecule has 0 fully saturated rings. The number of nitro groups is 1. The molecule has 2 aromatic rings. The largest absolute Gasteiger partial charge is 0.330 e. The van der Waals surface area contributed by atoms with E-state index in [0.717, 1.165) is 30.5 Å². The van der Waals surface area contributed by atoms with Crippen molar-refractivity contribution in [2.24, 2.45) is 5.73 Å². The van der Waals surface area contributed by atoms with Crippen molar-refractivity contribution in [2.75, 3.05) is 6.54 Å². The highest BCUT2D eigenvalue weighted by atomic mass is 16.6. The molecule has 134 valence electrons. The smallest absolute Gasteiger partial charge is 0.272 e. The van der Waals surface area contributed by atoms with E-state index < -0.39 is 4.92 Å². The van der Waals surface area contributed by atoms with Crippen molar-refractivity contribution < 1.29 is 4.92 Å². The zero-order valence-corrected chi connectivity index (χ0v) is 14.7. The van der Waals surface area contributed by atoms with Crippen LogP contribution >= 0.6 is 0 Å². The minimum Gasteiger partial charge on any atom is -0.330 e. The standard InChI is InChI=1S/C18H25N5O2/c1-13-8-14(2)18(22-11-13)10-15(4-3-6-19)21-12-16-9-17(23(24)25)5-7-20-16/h5,7-9,11,15,21H,3-4,6,10,12,19H2,1-2H3. The molecule has 2 rings (SSSR count). The zero-order valence-electron chi connectivity index (χ0n) is 14.7. The molecule has 2 heterocycles. The summed E-state index contributed by atoms with van der Waals surface area (Å²) in [5.41, 5.74) is 9.74. The highest BCUT2D eigenvalue weighted by Crippen LogP contribution is 2.14. The van der Waals surface area contributed by atoms with Crippen LogP contribution in [0.4, 0.5) is 5.69 Å². The third kappa shape index (κ3) is 5.88. The maximum absolute atomic E-state index is 10.9. The fourth-order valence-electron chi connectivity index (χ4n) is 2.76.